The quantitative estimate of drug-likeness (QED) is 0.481. The molecule has 0 saturated heterocycles. The molecule has 0 saturated carbocycles. The van der Waals surface area contributed by atoms with Gasteiger partial charge in [-0.1, -0.05) is 41.7 Å². The van der Waals surface area contributed by atoms with E-state index < -0.39 is 0 Å². The first-order valence-corrected chi connectivity index (χ1v) is 4.65. The monoisotopic (exact) mass is 170 g/mol. The molecule has 0 aliphatic carbocycles. The highest BCUT2D eigenvalue weighted by Crippen LogP contribution is 2.12. The Hall–Kier alpha value is -0.975. The molecule has 0 amide bonds. The van der Waals surface area contributed by atoms with E-state index in [-0.39, 0.29) is 0 Å². The SMILES string of the molecule is [B]Cc1ccccc1CCC(=C)C. The molecular formula is C12H15B. The number of aryl methyl sites for hydroxylation is 1. The molecule has 0 unspecified atom stereocenters. The lowest BCUT2D eigenvalue weighted by Crippen LogP contribution is -1.94. The average molecular weight is 170 g/mol. The molecule has 66 valence electrons. The fraction of sp³-hybridized carbons (Fsp3) is 0.333. The van der Waals surface area contributed by atoms with Crippen molar-refractivity contribution in [2.75, 3.05) is 0 Å². The third-order valence-electron chi connectivity index (χ3n) is 2.16. The number of hydrogen-bond donors (Lipinski definition) is 0. The van der Waals surface area contributed by atoms with Gasteiger partial charge in [0.05, 0.1) is 7.85 Å². The van der Waals surface area contributed by atoms with Gasteiger partial charge in [0.1, 0.15) is 0 Å². The third kappa shape index (κ3) is 3.10. The smallest absolute Gasteiger partial charge is 0.0716 e. The minimum Gasteiger partial charge on any atom is -0.100 e. The molecule has 0 heterocycles. The topological polar surface area (TPSA) is 0 Å². The van der Waals surface area contributed by atoms with Gasteiger partial charge in [0, 0.05) is 0 Å². The molecule has 0 atom stereocenters. The van der Waals surface area contributed by atoms with Crippen molar-refractivity contribution in [1.29, 1.82) is 0 Å². The highest BCUT2D eigenvalue weighted by molar-refractivity contribution is 6.08. The van der Waals surface area contributed by atoms with Crippen LogP contribution >= 0.6 is 0 Å². The Labute approximate surface area is 82.1 Å². The molecular weight excluding hydrogens is 155 g/mol. The largest absolute Gasteiger partial charge is 0.100 e. The van der Waals surface area contributed by atoms with E-state index in [9.17, 15) is 0 Å². The lowest BCUT2D eigenvalue weighted by Gasteiger charge is -2.06. The highest BCUT2D eigenvalue weighted by atomic mass is 14.0. The van der Waals surface area contributed by atoms with Crippen LogP contribution in [0.4, 0.5) is 0 Å². The summed E-state index contributed by atoms with van der Waals surface area (Å²) in [6.07, 6.45) is 2.74. The minimum absolute atomic E-state index is 0.631. The fourth-order valence-corrected chi connectivity index (χ4v) is 1.35. The zero-order valence-electron chi connectivity index (χ0n) is 8.22. The molecule has 1 aromatic carbocycles. The summed E-state index contributed by atoms with van der Waals surface area (Å²) in [5.74, 6) is 0. The molecule has 0 nitrogen and oxygen atoms in total. The Bertz CT molecular complexity index is 289. The summed E-state index contributed by atoms with van der Waals surface area (Å²) in [4.78, 5) is 0. The van der Waals surface area contributed by atoms with Crippen LogP contribution < -0.4 is 0 Å². The van der Waals surface area contributed by atoms with Gasteiger partial charge in [0.2, 0.25) is 0 Å². The molecule has 1 rings (SSSR count). The van der Waals surface area contributed by atoms with Gasteiger partial charge in [-0.25, -0.2) is 0 Å². The summed E-state index contributed by atoms with van der Waals surface area (Å²) in [5, 5.41) is 0. The van der Waals surface area contributed by atoms with Crippen molar-refractivity contribution in [2.24, 2.45) is 0 Å². The van der Waals surface area contributed by atoms with Gasteiger partial charge in [0.15, 0.2) is 0 Å². The first kappa shape index (κ1) is 10.1. The van der Waals surface area contributed by atoms with Crippen molar-refractivity contribution in [1.82, 2.24) is 0 Å². The Morgan fingerprint density at radius 1 is 1.31 bits per heavy atom. The molecule has 13 heavy (non-hydrogen) atoms. The Kier molecular flexibility index (Phi) is 3.82. The molecule has 1 aromatic rings. The average Bonchev–Trinajstić information content (AvgIpc) is 2.15. The lowest BCUT2D eigenvalue weighted by molar-refractivity contribution is 0.933. The van der Waals surface area contributed by atoms with Crippen LogP contribution in [0.25, 0.3) is 0 Å². The summed E-state index contributed by atoms with van der Waals surface area (Å²) in [6, 6.07) is 8.33. The fourth-order valence-electron chi connectivity index (χ4n) is 1.35. The van der Waals surface area contributed by atoms with Gasteiger partial charge in [0.25, 0.3) is 0 Å². The standard InChI is InChI=1S/C12H15B/c1-10(2)7-8-11-5-3-4-6-12(11)9-13/h3-6H,1,7-9H2,2H3. The van der Waals surface area contributed by atoms with Crippen LogP contribution in [0.3, 0.4) is 0 Å². The van der Waals surface area contributed by atoms with E-state index in [0.717, 1.165) is 12.8 Å². The van der Waals surface area contributed by atoms with Gasteiger partial charge in [-0.2, -0.15) is 0 Å². The Morgan fingerprint density at radius 2 is 1.92 bits per heavy atom. The van der Waals surface area contributed by atoms with Gasteiger partial charge >= 0.3 is 0 Å². The Morgan fingerprint density at radius 3 is 2.46 bits per heavy atom. The normalized spacial score (nSPS) is 9.92. The van der Waals surface area contributed by atoms with Crippen molar-refractivity contribution >= 4 is 7.85 Å². The molecule has 0 N–H and O–H groups in total. The second-order valence-corrected chi connectivity index (χ2v) is 3.43. The summed E-state index contributed by atoms with van der Waals surface area (Å²) in [6.45, 7) is 5.96. The van der Waals surface area contributed by atoms with Crippen LogP contribution in [0.1, 0.15) is 24.5 Å². The molecule has 0 fully saturated rings. The van der Waals surface area contributed by atoms with Crippen LogP contribution in [0, 0.1) is 0 Å². The van der Waals surface area contributed by atoms with Crippen molar-refractivity contribution < 1.29 is 0 Å². The number of rotatable bonds is 4. The van der Waals surface area contributed by atoms with E-state index in [4.69, 9.17) is 7.85 Å². The molecule has 0 aliphatic heterocycles. The van der Waals surface area contributed by atoms with E-state index in [2.05, 4.69) is 31.7 Å². The zero-order valence-corrected chi connectivity index (χ0v) is 8.22. The van der Waals surface area contributed by atoms with Crippen molar-refractivity contribution in [3.63, 3.8) is 0 Å². The molecule has 0 spiro atoms. The van der Waals surface area contributed by atoms with E-state index in [1.807, 2.05) is 6.07 Å². The molecule has 0 aliphatic rings. The number of hydrogen-bond acceptors (Lipinski definition) is 0. The van der Waals surface area contributed by atoms with Crippen molar-refractivity contribution in [3.8, 4) is 0 Å². The van der Waals surface area contributed by atoms with E-state index in [1.54, 1.807) is 0 Å². The van der Waals surface area contributed by atoms with Gasteiger partial charge in [-0.3, -0.25) is 0 Å². The van der Waals surface area contributed by atoms with E-state index in [1.165, 1.54) is 16.7 Å². The van der Waals surface area contributed by atoms with Gasteiger partial charge in [-0.15, -0.1) is 6.58 Å². The summed E-state index contributed by atoms with van der Waals surface area (Å²) >= 11 is 0. The first-order chi connectivity index (χ1) is 6.24. The second kappa shape index (κ2) is 4.91. The van der Waals surface area contributed by atoms with E-state index >= 15 is 0 Å². The maximum Gasteiger partial charge on any atom is 0.0716 e. The molecule has 1 heteroatoms. The number of benzene rings is 1. The second-order valence-electron chi connectivity index (χ2n) is 3.43. The summed E-state index contributed by atoms with van der Waals surface area (Å²) in [5.41, 5.74) is 3.84. The van der Waals surface area contributed by atoms with Crippen molar-refractivity contribution in [2.45, 2.75) is 26.1 Å². The van der Waals surface area contributed by atoms with Crippen LogP contribution in [-0.4, -0.2) is 7.85 Å². The van der Waals surface area contributed by atoms with Crippen LogP contribution in [-0.2, 0) is 12.7 Å². The lowest BCUT2D eigenvalue weighted by atomic mass is 9.91. The Balaban J connectivity index is 2.69. The number of allylic oxidation sites excluding steroid dienone is 1. The van der Waals surface area contributed by atoms with Crippen LogP contribution in [0.2, 0.25) is 0 Å². The molecule has 2 radical (unpaired) electrons. The van der Waals surface area contributed by atoms with Gasteiger partial charge in [-0.05, 0) is 25.3 Å². The van der Waals surface area contributed by atoms with Crippen LogP contribution in [0.5, 0.6) is 0 Å². The highest BCUT2D eigenvalue weighted by Gasteiger charge is 1.98. The predicted molar refractivity (Wildman–Crippen MR) is 59.0 cm³/mol. The maximum absolute atomic E-state index is 5.63. The summed E-state index contributed by atoms with van der Waals surface area (Å²) in [7, 11) is 5.63. The van der Waals surface area contributed by atoms with E-state index in [0.29, 0.717) is 6.32 Å². The molecule has 0 bridgehead atoms. The maximum atomic E-state index is 5.63. The summed E-state index contributed by atoms with van der Waals surface area (Å²) < 4.78 is 0. The van der Waals surface area contributed by atoms with Crippen LogP contribution in [0.15, 0.2) is 36.4 Å². The zero-order chi connectivity index (χ0) is 9.68. The minimum atomic E-state index is 0.631. The third-order valence-corrected chi connectivity index (χ3v) is 2.16. The van der Waals surface area contributed by atoms with Crippen molar-refractivity contribution in [3.05, 3.63) is 47.5 Å². The first-order valence-electron chi connectivity index (χ1n) is 4.65. The molecule has 0 aromatic heterocycles. The predicted octanol–water partition coefficient (Wildman–Crippen LogP) is 2.86. The van der Waals surface area contributed by atoms with Gasteiger partial charge < -0.3 is 0 Å².